The highest BCUT2D eigenvalue weighted by Crippen LogP contribution is 2.32. The SMILES string of the molecule is CC(=O)c1c(C)c2cnc(Nc3ccc(N4CCN(C5CCN(Cc6ccc(C7CCC(=O)NC7=O)cc6)CC5)CC4)cn3)nc2n(C2CCCC2)c1=O. The fourth-order valence-electron chi connectivity index (χ4n) is 8.98. The Hall–Kier alpha value is -5.01. The molecule has 1 unspecified atom stereocenters. The minimum absolute atomic E-state index is 0.0251. The zero-order valence-electron chi connectivity index (χ0n) is 31.2. The Balaban J connectivity index is 0.835. The average molecular weight is 732 g/mol. The van der Waals surface area contributed by atoms with Gasteiger partial charge in [-0.25, -0.2) is 9.97 Å². The number of aromatic nitrogens is 4. The Labute approximate surface area is 315 Å². The smallest absolute Gasteiger partial charge is 0.263 e. The number of nitrogens with one attached hydrogen (secondary N) is 2. The monoisotopic (exact) mass is 731 g/mol. The predicted molar refractivity (Wildman–Crippen MR) is 207 cm³/mol. The Morgan fingerprint density at radius 3 is 2.26 bits per heavy atom. The van der Waals surface area contributed by atoms with E-state index in [9.17, 15) is 19.2 Å². The van der Waals surface area contributed by atoms with Gasteiger partial charge >= 0.3 is 0 Å². The van der Waals surface area contributed by atoms with Crippen LogP contribution in [0.2, 0.25) is 0 Å². The van der Waals surface area contributed by atoms with Crippen LogP contribution < -0.4 is 21.1 Å². The molecule has 0 radical (unpaired) electrons. The number of piperidine rings is 2. The van der Waals surface area contributed by atoms with Crippen molar-refractivity contribution in [3.63, 3.8) is 0 Å². The van der Waals surface area contributed by atoms with Crippen LogP contribution in [-0.2, 0) is 16.1 Å². The van der Waals surface area contributed by atoms with Crippen molar-refractivity contribution in [1.82, 2.24) is 34.6 Å². The van der Waals surface area contributed by atoms with E-state index in [1.807, 2.05) is 24.4 Å². The van der Waals surface area contributed by atoms with Crippen LogP contribution >= 0.6 is 0 Å². The van der Waals surface area contributed by atoms with E-state index in [-0.39, 0.29) is 40.7 Å². The van der Waals surface area contributed by atoms with E-state index < -0.39 is 0 Å². The molecule has 2 N–H and O–H groups in total. The lowest BCUT2D eigenvalue weighted by Gasteiger charge is -2.43. The number of carbonyl (C=O) groups excluding carboxylic acids is 3. The molecule has 1 atom stereocenters. The average Bonchev–Trinajstić information content (AvgIpc) is 3.71. The van der Waals surface area contributed by atoms with E-state index in [0.717, 1.165) is 101 Å². The van der Waals surface area contributed by atoms with E-state index >= 15 is 0 Å². The number of fused-ring (bicyclic) bond motifs is 1. The van der Waals surface area contributed by atoms with Gasteiger partial charge in [0.25, 0.3) is 5.56 Å². The van der Waals surface area contributed by atoms with Gasteiger partial charge in [-0.15, -0.1) is 0 Å². The van der Waals surface area contributed by atoms with E-state index in [4.69, 9.17) is 9.97 Å². The molecule has 13 heteroatoms. The number of carbonyl (C=O) groups is 3. The molecule has 4 fully saturated rings. The molecular weight excluding hydrogens is 683 g/mol. The lowest BCUT2D eigenvalue weighted by molar-refractivity contribution is -0.134. The summed E-state index contributed by atoms with van der Waals surface area (Å²) in [4.78, 5) is 71.4. The first-order valence-electron chi connectivity index (χ1n) is 19.5. The highest BCUT2D eigenvalue weighted by Gasteiger charge is 2.30. The maximum absolute atomic E-state index is 13.6. The number of aryl methyl sites for hydroxylation is 1. The summed E-state index contributed by atoms with van der Waals surface area (Å²) in [5.41, 5.74) is 4.48. The largest absolute Gasteiger partial charge is 0.368 e. The van der Waals surface area contributed by atoms with Crippen molar-refractivity contribution in [2.24, 2.45) is 0 Å². The maximum Gasteiger partial charge on any atom is 0.263 e. The van der Waals surface area contributed by atoms with Crippen LogP contribution in [0.5, 0.6) is 0 Å². The Bertz CT molecular complexity index is 2090. The molecule has 0 bridgehead atoms. The fraction of sp³-hybridized carbons (Fsp3) is 0.488. The normalized spacial score (nSPS) is 20.8. The summed E-state index contributed by atoms with van der Waals surface area (Å²) in [6.45, 7) is 10.2. The number of piperazine rings is 1. The van der Waals surface area contributed by atoms with Crippen molar-refractivity contribution in [3.8, 4) is 0 Å². The molecule has 13 nitrogen and oxygen atoms in total. The van der Waals surface area contributed by atoms with Gasteiger partial charge in [0.1, 0.15) is 11.5 Å². The number of Topliss-reactive ketones (excluding diaryl/α,β-unsaturated/α-hetero) is 1. The lowest BCUT2D eigenvalue weighted by atomic mass is 9.90. The van der Waals surface area contributed by atoms with Gasteiger partial charge in [-0.1, -0.05) is 37.1 Å². The maximum atomic E-state index is 13.6. The van der Waals surface area contributed by atoms with Gasteiger partial charge < -0.3 is 10.2 Å². The predicted octanol–water partition coefficient (Wildman–Crippen LogP) is 4.86. The summed E-state index contributed by atoms with van der Waals surface area (Å²) in [6, 6.07) is 13.0. The van der Waals surface area contributed by atoms with Crippen molar-refractivity contribution in [3.05, 3.63) is 81.4 Å². The van der Waals surface area contributed by atoms with Crippen LogP contribution in [0.25, 0.3) is 11.0 Å². The van der Waals surface area contributed by atoms with Gasteiger partial charge in [-0.2, -0.15) is 4.98 Å². The van der Waals surface area contributed by atoms with Gasteiger partial charge in [0, 0.05) is 62.8 Å². The number of pyridine rings is 2. The van der Waals surface area contributed by atoms with Crippen molar-refractivity contribution in [2.45, 2.75) is 89.8 Å². The van der Waals surface area contributed by atoms with Crippen LogP contribution in [0.15, 0.2) is 53.6 Å². The number of anilines is 3. The van der Waals surface area contributed by atoms with E-state index in [1.54, 1.807) is 17.7 Å². The minimum atomic E-state index is -0.259. The van der Waals surface area contributed by atoms with Gasteiger partial charge in [0.15, 0.2) is 5.78 Å². The van der Waals surface area contributed by atoms with Crippen molar-refractivity contribution >= 4 is 46.1 Å². The number of rotatable bonds is 9. The molecule has 4 aliphatic rings. The molecule has 1 saturated carbocycles. The first-order chi connectivity index (χ1) is 26.2. The highest BCUT2D eigenvalue weighted by molar-refractivity contribution is 6.01. The molecule has 3 aromatic heterocycles. The molecule has 3 aliphatic heterocycles. The molecule has 1 aromatic carbocycles. The second-order valence-corrected chi connectivity index (χ2v) is 15.4. The standard InChI is InChI=1S/C41H49N9O4/c1-26-34-24-43-41(46-38(34)50(31-5-3-4-6-31)40(54)37(26)27(2)51)44-35-13-11-32(23-42-35)49-21-19-48(20-22-49)30-15-17-47(18-16-30)25-28-7-9-29(10-8-28)33-12-14-36(52)45-39(33)53/h7-11,13,23-24,30-31,33H,3-6,12,14-22,25H2,1-2H3,(H,45,52,53)(H,42,43,44,46). The van der Waals surface area contributed by atoms with Gasteiger partial charge in [0.2, 0.25) is 17.8 Å². The summed E-state index contributed by atoms with van der Waals surface area (Å²) in [5.74, 6) is 0.156. The molecule has 282 valence electrons. The molecule has 0 spiro atoms. The second kappa shape index (κ2) is 15.4. The summed E-state index contributed by atoms with van der Waals surface area (Å²) in [7, 11) is 0. The van der Waals surface area contributed by atoms with Crippen LogP contribution in [0, 0.1) is 6.92 Å². The van der Waals surface area contributed by atoms with Gasteiger partial charge in [0.05, 0.1) is 23.4 Å². The summed E-state index contributed by atoms with van der Waals surface area (Å²) >= 11 is 0. The van der Waals surface area contributed by atoms with Crippen LogP contribution in [0.3, 0.4) is 0 Å². The topological polar surface area (TPSA) is 146 Å². The van der Waals surface area contributed by atoms with Crippen molar-refractivity contribution in [2.75, 3.05) is 49.5 Å². The zero-order valence-corrected chi connectivity index (χ0v) is 31.2. The first-order valence-corrected chi connectivity index (χ1v) is 19.5. The number of hydrogen-bond donors (Lipinski definition) is 2. The fourth-order valence-corrected chi connectivity index (χ4v) is 8.98. The molecule has 3 saturated heterocycles. The van der Waals surface area contributed by atoms with Crippen LogP contribution in [-0.4, -0.2) is 92.2 Å². The van der Waals surface area contributed by atoms with Crippen molar-refractivity contribution < 1.29 is 14.4 Å². The third kappa shape index (κ3) is 7.39. The third-order valence-corrected chi connectivity index (χ3v) is 12.0. The first kappa shape index (κ1) is 36.0. The summed E-state index contributed by atoms with van der Waals surface area (Å²) < 4.78 is 1.73. The quantitative estimate of drug-likeness (QED) is 0.180. The van der Waals surface area contributed by atoms with E-state index in [0.29, 0.717) is 41.9 Å². The molecule has 6 heterocycles. The van der Waals surface area contributed by atoms with E-state index in [2.05, 4.69) is 48.5 Å². The number of benzene rings is 1. The third-order valence-electron chi connectivity index (χ3n) is 12.0. The molecule has 4 aromatic rings. The minimum Gasteiger partial charge on any atom is -0.368 e. The number of nitrogens with zero attached hydrogens (tertiary/aromatic N) is 7. The Morgan fingerprint density at radius 1 is 0.852 bits per heavy atom. The number of likely N-dealkylation sites (tertiary alicyclic amines) is 1. The summed E-state index contributed by atoms with van der Waals surface area (Å²) in [5, 5.41) is 6.42. The highest BCUT2D eigenvalue weighted by atomic mass is 16.2. The molecular formula is C41H49N9O4. The van der Waals surface area contributed by atoms with E-state index in [1.165, 1.54) is 12.5 Å². The van der Waals surface area contributed by atoms with Gasteiger partial charge in [-0.3, -0.25) is 38.9 Å². The number of imide groups is 1. The number of amides is 2. The molecule has 8 rings (SSSR count). The molecule has 2 amide bonds. The van der Waals surface area contributed by atoms with Crippen LogP contribution in [0.1, 0.15) is 97.3 Å². The molecule has 54 heavy (non-hydrogen) atoms. The summed E-state index contributed by atoms with van der Waals surface area (Å²) in [6.07, 6.45) is 10.8. The van der Waals surface area contributed by atoms with Gasteiger partial charge in [-0.05, 0) is 87.9 Å². The number of hydrogen-bond acceptors (Lipinski definition) is 11. The van der Waals surface area contributed by atoms with Crippen molar-refractivity contribution in [1.29, 1.82) is 0 Å². The number of ketones is 1. The Morgan fingerprint density at radius 2 is 1.59 bits per heavy atom. The zero-order chi connectivity index (χ0) is 37.3. The Kier molecular flexibility index (Phi) is 10.3. The van der Waals surface area contributed by atoms with Crippen LogP contribution in [0.4, 0.5) is 17.5 Å². The molecule has 1 aliphatic carbocycles. The second-order valence-electron chi connectivity index (χ2n) is 15.4. The lowest BCUT2D eigenvalue weighted by Crippen LogP contribution is -2.53.